The molecule has 43 heavy (non-hydrogen) atoms. The fraction of sp³-hybridized carbons (Fsp3) is 0.833. The number of carbonyl (C=O) groups is 2. The molecule has 0 aromatic carbocycles. The number of amides is 2. The summed E-state index contributed by atoms with van der Waals surface area (Å²) in [5.41, 5.74) is 3.02. The molecule has 0 rings (SSSR count). The monoisotopic (exact) mass is 774 g/mol. The topological polar surface area (TPSA) is 158 Å². The van der Waals surface area contributed by atoms with Gasteiger partial charge in [0.15, 0.2) is 0 Å². The predicted molar refractivity (Wildman–Crippen MR) is 205 cm³/mol. The summed E-state index contributed by atoms with van der Waals surface area (Å²) in [6.45, 7) is 2.72. The maximum atomic E-state index is 12.0. The van der Waals surface area contributed by atoms with E-state index in [4.69, 9.17) is 10.2 Å². The molecule has 0 radical (unpaired) electrons. The van der Waals surface area contributed by atoms with E-state index < -0.39 is 21.6 Å². The molecular formula is C24H46N4O6S9. The molecule has 0 aliphatic heterocycles. The zero-order chi connectivity index (χ0) is 31.6. The van der Waals surface area contributed by atoms with Crippen molar-refractivity contribution >= 4 is 126 Å². The first-order chi connectivity index (χ1) is 21.0. The van der Waals surface area contributed by atoms with Gasteiger partial charge in [-0.1, -0.05) is 23.5 Å². The van der Waals surface area contributed by atoms with Crippen molar-refractivity contribution in [1.82, 2.24) is 10.6 Å². The first-order valence-electron chi connectivity index (χ1n) is 13.7. The first kappa shape index (κ1) is 43.9. The van der Waals surface area contributed by atoms with Crippen LogP contribution in [-0.2, 0) is 21.6 Å². The number of aliphatic hydroxyl groups excluding tert-OH is 2. The molecule has 10 nitrogen and oxygen atoms in total. The summed E-state index contributed by atoms with van der Waals surface area (Å²) in [6, 6.07) is 0. The summed E-state index contributed by atoms with van der Waals surface area (Å²) in [5, 5.41) is 23.1. The number of nitrogens with zero attached hydrogens (tertiary/aromatic N) is 2. The summed E-state index contributed by atoms with van der Waals surface area (Å²) in [5.74, 6) is 10.3. The van der Waals surface area contributed by atoms with Crippen molar-refractivity contribution in [2.24, 2.45) is 9.98 Å². The number of rotatable bonds is 30. The lowest BCUT2D eigenvalue weighted by Gasteiger charge is -2.04. The molecule has 2 atom stereocenters. The Bertz CT molecular complexity index is 800. The van der Waals surface area contributed by atoms with Gasteiger partial charge in [0, 0.05) is 107 Å². The highest BCUT2D eigenvalue weighted by Gasteiger charge is 2.03. The molecule has 0 heterocycles. The maximum absolute atomic E-state index is 12.0. The second-order valence-corrected chi connectivity index (χ2v) is 18.8. The lowest BCUT2D eigenvalue weighted by atomic mass is 10.8. The van der Waals surface area contributed by atoms with Crippen molar-refractivity contribution in [1.29, 1.82) is 0 Å². The zero-order valence-corrected chi connectivity index (χ0v) is 31.7. The molecule has 4 N–H and O–H groups in total. The van der Waals surface area contributed by atoms with E-state index in [0.29, 0.717) is 54.9 Å². The van der Waals surface area contributed by atoms with Crippen LogP contribution in [0.5, 0.6) is 0 Å². The average molecular weight is 775 g/mol. The van der Waals surface area contributed by atoms with Gasteiger partial charge in [0.25, 0.3) is 10.5 Å². The number of nitrogens with one attached hydrogen (secondary N) is 2. The number of hydrogen-bond donors (Lipinski definition) is 4. The van der Waals surface area contributed by atoms with Crippen molar-refractivity contribution in [2.45, 2.75) is 0 Å². The number of carbonyl (C=O) groups excluding carboxylic acids is 2. The SMILES string of the molecule is O=C(NCCSCCN=CS(=O)CCSCCSC(=O)NCCSCCN=CS(=O)CCSCCO)SCCSCCO. The van der Waals surface area contributed by atoms with Crippen LogP contribution in [0, 0.1) is 0 Å². The van der Waals surface area contributed by atoms with E-state index in [2.05, 4.69) is 20.6 Å². The minimum atomic E-state index is -1.09. The molecule has 0 saturated heterocycles. The molecule has 0 aromatic heterocycles. The molecule has 0 aliphatic carbocycles. The van der Waals surface area contributed by atoms with Gasteiger partial charge >= 0.3 is 0 Å². The Balaban J connectivity index is 3.48. The lowest BCUT2D eigenvalue weighted by molar-refractivity contribution is 0.260. The third-order valence-electron chi connectivity index (χ3n) is 4.40. The van der Waals surface area contributed by atoms with Gasteiger partial charge in [-0.2, -0.15) is 58.8 Å². The van der Waals surface area contributed by atoms with E-state index in [-0.39, 0.29) is 23.7 Å². The van der Waals surface area contributed by atoms with E-state index in [0.717, 1.165) is 51.8 Å². The Labute approximate surface area is 292 Å². The average Bonchev–Trinajstić information content (AvgIpc) is 2.99. The van der Waals surface area contributed by atoms with Crippen molar-refractivity contribution in [3.8, 4) is 0 Å². The highest BCUT2D eigenvalue weighted by atomic mass is 32.2. The van der Waals surface area contributed by atoms with Crippen molar-refractivity contribution in [3.05, 3.63) is 0 Å². The van der Waals surface area contributed by atoms with Crippen molar-refractivity contribution in [3.63, 3.8) is 0 Å². The molecule has 0 aliphatic rings. The highest BCUT2D eigenvalue weighted by molar-refractivity contribution is 8.14. The van der Waals surface area contributed by atoms with Crippen molar-refractivity contribution < 1.29 is 28.2 Å². The molecule has 2 amide bonds. The smallest absolute Gasteiger partial charge is 0.279 e. The second-order valence-electron chi connectivity index (χ2n) is 7.83. The Morgan fingerprint density at radius 3 is 1.40 bits per heavy atom. The van der Waals surface area contributed by atoms with Crippen LogP contribution in [0.15, 0.2) is 9.98 Å². The maximum Gasteiger partial charge on any atom is 0.279 e. The third-order valence-corrected chi connectivity index (χ3v) is 13.9. The molecule has 0 spiro atoms. The summed E-state index contributed by atoms with van der Waals surface area (Å²) < 4.78 is 23.8. The van der Waals surface area contributed by atoms with E-state index >= 15 is 0 Å². The standard InChI is InChI=1S/C24H46N4O6S9/c29-5-11-37-13-15-40-23(31)27-3-9-36-8-2-26-22-43(34)20-18-39-14-16-41-24(32)28-4-10-35-7-1-25-21-42(33)19-17-38-12-6-30/h21-22,29-30H,1-20H2,(H,27,31)(H,28,32). The fourth-order valence-electron chi connectivity index (χ4n) is 2.47. The van der Waals surface area contributed by atoms with Gasteiger partial charge in [0.1, 0.15) is 0 Å². The largest absolute Gasteiger partial charge is 0.396 e. The molecule has 252 valence electrons. The minimum absolute atomic E-state index is 0.0169. The van der Waals surface area contributed by atoms with Crippen LogP contribution in [0.4, 0.5) is 9.59 Å². The Kier molecular flexibility index (Phi) is 36.6. The van der Waals surface area contributed by atoms with Crippen LogP contribution in [0.25, 0.3) is 0 Å². The molecule has 0 aromatic rings. The highest BCUT2D eigenvalue weighted by Crippen LogP contribution is 2.09. The van der Waals surface area contributed by atoms with Gasteiger partial charge in [0.05, 0.1) is 45.9 Å². The Morgan fingerprint density at radius 1 is 0.558 bits per heavy atom. The first-order valence-corrected chi connectivity index (χ1v) is 24.2. The van der Waals surface area contributed by atoms with E-state index in [1.54, 1.807) is 58.8 Å². The van der Waals surface area contributed by atoms with Crippen LogP contribution in [-0.4, -0.2) is 160 Å². The normalized spacial score (nSPS) is 13.1. The minimum Gasteiger partial charge on any atom is -0.396 e. The molecule has 0 fully saturated rings. The Morgan fingerprint density at radius 2 is 0.953 bits per heavy atom. The number of hydrogen-bond acceptors (Lipinski definition) is 15. The molecule has 2 unspecified atom stereocenters. The van der Waals surface area contributed by atoms with E-state index in [1.807, 2.05) is 0 Å². The van der Waals surface area contributed by atoms with Gasteiger partial charge in [0.2, 0.25) is 0 Å². The van der Waals surface area contributed by atoms with Gasteiger partial charge in [-0.25, -0.2) is 0 Å². The zero-order valence-electron chi connectivity index (χ0n) is 24.4. The molecular weight excluding hydrogens is 729 g/mol. The van der Waals surface area contributed by atoms with Gasteiger partial charge in [-0.3, -0.25) is 28.0 Å². The van der Waals surface area contributed by atoms with Gasteiger partial charge < -0.3 is 20.8 Å². The molecule has 0 saturated carbocycles. The number of aliphatic hydroxyl groups is 2. The van der Waals surface area contributed by atoms with Crippen molar-refractivity contribution in [2.75, 3.05) is 120 Å². The third kappa shape index (κ3) is 35.6. The van der Waals surface area contributed by atoms with Crippen LogP contribution in [0.1, 0.15) is 0 Å². The van der Waals surface area contributed by atoms with Crippen LogP contribution in [0.3, 0.4) is 0 Å². The van der Waals surface area contributed by atoms with Gasteiger partial charge in [-0.05, 0) is 0 Å². The quantitative estimate of drug-likeness (QED) is 0.0480. The van der Waals surface area contributed by atoms with Crippen LogP contribution in [0.2, 0.25) is 0 Å². The van der Waals surface area contributed by atoms with Gasteiger partial charge in [-0.15, -0.1) is 0 Å². The number of thioether (sulfide) groups is 7. The summed E-state index contributed by atoms with van der Waals surface area (Å²) >= 11 is 10.8. The molecule has 0 bridgehead atoms. The summed E-state index contributed by atoms with van der Waals surface area (Å²) in [4.78, 5) is 32.0. The van der Waals surface area contributed by atoms with Crippen LogP contribution < -0.4 is 10.6 Å². The van der Waals surface area contributed by atoms with E-state index in [9.17, 15) is 18.0 Å². The Hall–Kier alpha value is 0.950. The number of aliphatic imine (C=N–C) groups is 2. The van der Waals surface area contributed by atoms with E-state index in [1.165, 1.54) is 34.6 Å². The predicted octanol–water partition coefficient (Wildman–Crippen LogP) is 3.08. The summed E-state index contributed by atoms with van der Waals surface area (Å²) in [7, 11) is -2.14. The second kappa shape index (κ2) is 35.8. The molecule has 19 heteroatoms. The van der Waals surface area contributed by atoms with Crippen LogP contribution >= 0.6 is 82.3 Å². The lowest BCUT2D eigenvalue weighted by Crippen LogP contribution is -2.22. The summed E-state index contributed by atoms with van der Waals surface area (Å²) in [6.07, 6.45) is 0. The fourth-order valence-corrected chi connectivity index (χ4v) is 10.1.